The average Bonchev–Trinajstić information content (AvgIpc) is 3.01. The molecule has 0 spiro atoms. The van der Waals surface area contributed by atoms with Gasteiger partial charge in [-0.15, -0.1) is 10.2 Å². The number of aromatic nitrogens is 3. The van der Waals surface area contributed by atoms with Gasteiger partial charge in [0, 0.05) is 17.1 Å². The van der Waals surface area contributed by atoms with E-state index in [0.29, 0.717) is 33.5 Å². The first-order valence-corrected chi connectivity index (χ1v) is 10.6. The fourth-order valence-electron chi connectivity index (χ4n) is 2.89. The van der Waals surface area contributed by atoms with E-state index >= 15 is 0 Å². The first kappa shape index (κ1) is 20.9. The lowest BCUT2D eigenvalue weighted by atomic mass is 10.1. The van der Waals surface area contributed by atoms with Gasteiger partial charge in [0.1, 0.15) is 5.78 Å². The van der Waals surface area contributed by atoms with Gasteiger partial charge in [-0.2, -0.15) is 0 Å². The summed E-state index contributed by atoms with van der Waals surface area (Å²) >= 11 is 13.9. The molecule has 28 heavy (non-hydrogen) atoms. The number of hydrogen-bond acceptors (Lipinski definition) is 4. The highest BCUT2D eigenvalue weighted by Crippen LogP contribution is 2.38. The first-order chi connectivity index (χ1) is 13.4. The fourth-order valence-corrected chi connectivity index (χ4v) is 4.43. The molecule has 0 aliphatic heterocycles. The SMILES string of the molecule is CC(=O)[C@H](Sc1nnc(-c2ccc(Cl)cc2Cl)n1CC(C)C)c1ccccc1. The van der Waals surface area contributed by atoms with Crippen LogP contribution in [0.4, 0.5) is 0 Å². The molecule has 4 nitrogen and oxygen atoms in total. The maximum Gasteiger partial charge on any atom is 0.192 e. The Labute approximate surface area is 179 Å². The Bertz CT molecular complexity index is 973. The van der Waals surface area contributed by atoms with Crippen LogP contribution < -0.4 is 0 Å². The van der Waals surface area contributed by atoms with Crippen molar-refractivity contribution in [3.63, 3.8) is 0 Å². The number of thioether (sulfide) groups is 1. The Kier molecular flexibility index (Phi) is 6.81. The van der Waals surface area contributed by atoms with Gasteiger partial charge in [0.25, 0.3) is 0 Å². The number of benzene rings is 2. The largest absolute Gasteiger partial charge is 0.302 e. The molecular formula is C21H21Cl2N3OS. The van der Waals surface area contributed by atoms with Crippen LogP contribution in [0.15, 0.2) is 53.7 Å². The molecule has 7 heteroatoms. The van der Waals surface area contributed by atoms with Gasteiger partial charge < -0.3 is 4.57 Å². The zero-order valence-corrected chi connectivity index (χ0v) is 18.2. The lowest BCUT2D eigenvalue weighted by molar-refractivity contribution is -0.116. The van der Waals surface area contributed by atoms with Crippen molar-refractivity contribution in [2.24, 2.45) is 5.92 Å². The summed E-state index contributed by atoms with van der Waals surface area (Å²) in [7, 11) is 0. The van der Waals surface area contributed by atoms with Gasteiger partial charge in [0.05, 0.1) is 10.3 Å². The van der Waals surface area contributed by atoms with Gasteiger partial charge in [-0.05, 0) is 36.6 Å². The Morgan fingerprint density at radius 3 is 2.43 bits per heavy atom. The van der Waals surface area contributed by atoms with E-state index in [9.17, 15) is 4.79 Å². The van der Waals surface area contributed by atoms with Crippen molar-refractivity contribution in [1.82, 2.24) is 14.8 Å². The quantitative estimate of drug-likeness (QED) is 0.408. The normalized spacial score (nSPS) is 12.4. The Balaban J connectivity index is 2.03. The minimum Gasteiger partial charge on any atom is -0.302 e. The summed E-state index contributed by atoms with van der Waals surface area (Å²) < 4.78 is 2.03. The predicted molar refractivity (Wildman–Crippen MR) is 116 cm³/mol. The Morgan fingerprint density at radius 1 is 1.11 bits per heavy atom. The van der Waals surface area contributed by atoms with Gasteiger partial charge in [0.15, 0.2) is 11.0 Å². The number of carbonyl (C=O) groups excluding carboxylic acids is 1. The van der Waals surface area contributed by atoms with Crippen molar-refractivity contribution < 1.29 is 4.79 Å². The molecule has 3 rings (SSSR count). The van der Waals surface area contributed by atoms with E-state index in [-0.39, 0.29) is 11.0 Å². The topological polar surface area (TPSA) is 47.8 Å². The molecule has 0 amide bonds. The number of rotatable bonds is 7. The Hall–Kier alpha value is -1.82. The third-order valence-corrected chi connectivity index (χ3v) is 6.03. The van der Waals surface area contributed by atoms with Crippen LogP contribution >= 0.6 is 35.0 Å². The number of ketones is 1. The molecule has 3 aromatic rings. The molecule has 0 saturated carbocycles. The predicted octanol–water partition coefficient (Wildman–Crippen LogP) is 6.33. The molecule has 1 aromatic heterocycles. The number of halogens is 2. The summed E-state index contributed by atoms with van der Waals surface area (Å²) in [5.74, 6) is 1.11. The zero-order valence-electron chi connectivity index (χ0n) is 15.9. The summed E-state index contributed by atoms with van der Waals surface area (Å²) in [6.45, 7) is 6.57. The monoisotopic (exact) mass is 433 g/mol. The van der Waals surface area contributed by atoms with E-state index in [1.54, 1.807) is 19.1 Å². The van der Waals surface area contributed by atoms with E-state index in [2.05, 4.69) is 24.0 Å². The Morgan fingerprint density at radius 2 is 1.82 bits per heavy atom. The van der Waals surface area contributed by atoms with Crippen LogP contribution in [0, 0.1) is 5.92 Å². The van der Waals surface area contributed by atoms with E-state index in [1.165, 1.54) is 11.8 Å². The molecule has 146 valence electrons. The summed E-state index contributed by atoms with van der Waals surface area (Å²) in [6, 6.07) is 15.0. The lowest BCUT2D eigenvalue weighted by Crippen LogP contribution is -2.11. The molecule has 2 aromatic carbocycles. The van der Waals surface area contributed by atoms with Gasteiger partial charge >= 0.3 is 0 Å². The minimum atomic E-state index is -0.343. The van der Waals surface area contributed by atoms with Crippen molar-refractivity contribution in [2.45, 2.75) is 37.7 Å². The highest BCUT2D eigenvalue weighted by atomic mass is 35.5. The second-order valence-electron chi connectivity index (χ2n) is 6.95. The molecular weight excluding hydrogens is 413 g/mol. The van der Waals surface area contributed by atoms with E-state index in [4.69, 9.17) is 23.2 Å². The average molecular weight is 434 g/mol. The molecule has 0 radical (unpaired) electrons. The fraction of sp³-hybridized carbons (Fsp3) is 0.286. The van der Waals surface area contributed by atoms with Crippen molar-refractivity contribution >= 4 is 40.7 Å². The maximum atomic E-state index is 12.3. The molecule has 0 aliphatic rings. The van der Waals surface area contributed by atoms with Crippen LogP contribution in [0.25, 0.3) is 11.4 Å². The summed E-state index contributed by atoms with van der Waals surface area (Å²) in [6.07, 6.45) is 0. The smallest absolute Gasteiger partial charge is 0.192 e. The molecule has 0 aliphatic carbocycles. The third kappa shape index (κ3) is 4.77. The summed E-state index contributed by atoms with van der Waals surface area (Å²) in [5, 5.41) is 10.2. The van der Waals surface area contributed by atoms with Crippen LogP contribution in [0.2, 0.25) is 10.0 Å². The number of nitrogens with zero attached hydrogens (tertiary/aromatic N) is 3. The molecule has 0 bridgehead atoms. The number of Topliss-reactive ketones (excluding diaryl/α,β-unsaturated/α-hetero) is 1. The second-order valence-corrected chi connectivity index (χ2v) is 8.87. The van der Waals surface area contributed by atoms with E-state index in [0.717, 1.165) is 11.1 Å². The molecule has 0 N–H and O–H groups in total. The molecule has 0 unspecified atom stereocenters. The zero-order chi connectivity index (χ0) is 20.3. The highest BCUT2D eigenvalue weighted by Gasteiger charge is 2.24. The van der Waals surface area contributed by atoms with Gasteiger partial charge in [-0.3, -0.25) is 4.79 Å². The molecule has 1 atom stereocenters. The minimum absolute atomic E-state index is 0.0707. The van der Waals surface area contributed by atoms with Crippen molar-refractivity contribution in [3.05, 3.63) is 64.1 Å². The van der Waals surface area contributed by atoms with Crippen molar-refractivity contribution in [3.8, 4) is 11.4 Å². The molecule has 0 fully saturated rings. The van der Waals surface area contributed by atoms with Crippen LogP contribution in [0.3, 0.4) is 0 Å². The van der Waals surface area contributed by atoms with Gasteiger partial charge in [0.2, 0.25) is 0 Å². The molecule has 0 saturated heterocycles. The third-order valence-electron chi connectivity index (χ3n) is 4.13. The maximum absolute atomic E-state index is 12.3. The van der Waals surface area contributed by atoms with Gasteiger partial charge in [-0.1, -0.05) is 79.1 Å². The first-order valence-electron chi connectivity index (χ1n) is 8.97. The number of hydrogen-bond donors (Lipinski definition) is 0. The summed E-state index contributed by atoms with van der Waals surface area (Å²) in [5.41, 5.74) is 1.72. The highest BCUT2D eigenvalue weighted by molar-refractivity contribution is 8.00. The van der Waals surface area contributed by atoms with Crippen LogP contribution in [0.1, 0.15) is 31.6 Å². The van der Waals surface area contributed by atoms with Crippen molar-refractivity contribution in [2.75, 3.05) is 0 Å². The van der Waals surface area contributed by atoms with Crippen LogP contribution in [-0.2, 0) is 11.3 Å². The summed E-state index contributed by atoms with van der Waals surface area (Å²) in [4.78, 5) is 12.3. The molecule has 1 heterocycles. The van der Waals surface area contributed by atoms with E-state index in [1.807, 2.05) is 41.0 Å². The van der Waals surface area contributed by atoms with Crippen LogP contribution in [0.5, 0.6) is 0 Å². The lowest BCUT2D eigenvalue weighted by Gasteiger charge is -2.17. The van der Waals surface area contributed by atoms with Crippen LogP contribution in [-0.4, -0.2) is 20.5 Å². The standard InChI is InChI=1S/C21H21Cl2N3OS/c1-13(2)12-26-20(17-10-9-16(22)11-18(17)23)24-25-21(26)28-19(14(3)27)15-7-5-4-6-8-15/h4-11,13,19H,12H2,1-3H3/t19-/m0/s1. The number of carbonyl (C=O) groups is 1. The second kappa shape index (κ2) is 9.12. The van der Waals surface area contributed by atoms with Crippen molar-refractivity contribution in [1.29, 1.82) is 0 Å². The van der Waals surface area contributed by atoms with Gasteiger partial charge in [-0.25, -0.2) is 0 Å². The van der Waals surface area contributed by atoms with E-state index < -0.39 is 0 Å².